The topological polar surface area (TPSA) is 93.9 Å². The highest BCUT2D eigenvalue weighted by Crippen LogP contribution is 2.37. The third-order valence-electron chi connectivity index (χ3n) is 7.67. The second-order valence-electron chi connectivity index (χ2n) is 10.5. The first-order valence-corrected chi connectivity index (χ1v) is 13.7. The molecule has 1 amide bonds. The van der Waals surface area contributed by atoms with Crippen molar-refractivity contribution in [1.29, 1.82) is 0 Å². The summed E-state index contributed by atoms with van der Waals surface area (Å²) in [6.45, 7) is 3.31. The summed E-state index contributed by atoms with van der Waals surface area (Å²) in [7, 11) is 0. The first kappa shape index (κ1) is 26.7. The number of carboxylic acid groups (broad SMARTS) is 1. The molecule has 1 aromatic heterocycles. The smallest absolute Gasteiger partial charge is 0.449 e. The van der Waals surface area contributed by atoms with E-state index in [1.54, 1.807) is 15.8 Å². The number of nitrogens with zero attached hydrogens (tertiary/aromatic N) is 3. The number of rotatable bonds is 7. The molecule has 3 aromatic rings. The predicted molar refractivity (Wildman–Crippen MR) is 150 cm³/mol. The molecule has 0 spiro atoms. The normalized spacial score (nSPS) is 20.1. The predicted octanol–water partition coefficient (Wildman–Crippen LogP) is 6.44. The minimum absolute atomic E-state index is 0.00399. The SMILES string of the molecule is CC1CCC(C(=O)N(c2nn(-c3ccc(/C=C\c4ccccc4)cc3)cc2OC(=O)O)C2CCOCC2)CC1. The maximum absolute atomic E-state index is 13.9. The molecule has 1 aliphatic carbocycles. The molecule has 8 heteroatoms. The third-order valence-corrected chi connectivity index (χ3v) is 7.67. The van der Waals surface area contributed by atoms with E-state index in [1.165, 1.54) is 0 Å². The van der Waals surface area contributed by atoms with Crippen molar-refractivity contribution < 1.29 is 24.2 Å². The van der Waals surface area contributed by atoms with Crippen molar-refractivity contribution in [2.24, 2.45) is 11.8 Å². The first-order chi connectivity index (χ1) is 19.0. The molecule has 1 aliphatic heterocycles. The molecule has 0 bridgehead atoms. The van der Waals surface area contributed by atoms with Gasteiger partial charge in [-0.3, -0.25) is 9.69 Å². The fourth-order valence-electron chi connectivity index (χ4n) is 5.41. The molecule has 2 aliphatic rings. The van der Waals surface area contributed by atoms with Crippen molar-refractivity contribution in [1.82, 2.24) is 9.78 Å². The second-order valence-corrected chi connectivity index (χ2v) is 10.5. The van der Waals surface area contributed by atoms with E-state index in [4.69, 9.17) is 14.6 Å². The van der Waals surface area contributed by atoms with Gasteiger partial charge in [0, 0.05) is 25.2 Å². The molecule has 0 unspecified atom stereocenters. The number of carbonyl (C=O) groups excluding carboxylic acids is 1. The van der Waals surface area contributed by atoms with Gasteiger partial charge in [-0.1, -0.05) is 61.5 Å². The van der Waals surface area contributed by atoms with Crippen molar-refractivity contribution in [2.45, 2.75) is 51.5 Å². The number of amides is 1. The molecule has 1 saturated heterocycles. The van der Waals surface area contributed by atoms with Crippen LogP contribution < -0.4 is 9.64 Å². The largest absolute Gasteiger partial charge is 0.511 e. The Morgan fingerprint density at radius 3 is 2.23 bits per heavy atom. The van der Waals surface area contributed by atoms with Crippen LogP contribution in [0.5, 0.6) is 5.75 Å². The van der Waals surface area contributed by atoms with Crippen LogP contribution in [0.2, 0.25) is 0 Å². The van der Waals surface area contributed by atoms with Gasteiger partial charge in [0.2, 0.25) is 11.7 Å². The summed E-state index contributed by atoms with van der Waals surface area (Å²) in [6, 6.07) is 17.7. The summed E-state index contributed by atoms with van der Waals surface area (Å²) >= 11 is 0. The fraction of sp³-hybridized carbons (Fsp3) is 0.387. The Balaban J connectivity index is 1.45. The highest BCUT2D eigenvalue weighted by molar-refractivity contribution is 5.96. The summed E-state index contributed by atoms with van der Waals surface area (Å²) < 4.78 is 12.3. The zero-order valence-electron chi connectivity index (χ0n) is 22.2. The van der Waals surface area contributed by atoms with Crippen molar-refractivity contribution in [3.8, 4) is 11.4 Å². The Morgan fingerprint density at radius 2 is 1.59 bits per heavy atom. The summed E-state index contributed by atoms with van der Waals surface area (Å²) in [5.74, 6) is 0.806. The molecule has 39 heavy (non-hydrogen) atoms. The zero-order valence-corrected chi connectivity index (χ0v) is 22.2. The average Bonchev–Trinajstić information content (AvgIpc) is 3.36. The van der Waals surface area contributed by atoms with Crippen molar-refractivity contribution >= 4 is 30.0 Å². The highest BCUT2D eigenvalue weighted by Gasteiger charge is 2.37. The van der Waals surface area contributed by atoms with Crippen LogP contribution in [-0.4, -0.2) is 46.2 Å². The standard InChI is InChI=1S/C31H35N3O5/c1-22-7-13-25(14-8-22)30(35)34(27-17-19-38-20-18-27)29-28(39-31(36)37)21-33(32-29)26-15-11-24(12-16-26)10-9-23-5-3-2-4-6-23/h2-6,9-12,15-16,21-22,25,27H,7-8,13-14,17-20H2,1H3,(H,36,37)/b10-9-. The number of hydrogen-bond acceptors (Lipinski definition) is 5. The molecule has 204 valence electrons. The van der Waals surface area contributed by atoms with Gasteiger partial charge in [0.1, 0.15) is 0 Å². The van der Waals surface area contributed by atoms with Gasteiger partial charge in [0.15, 0.2) is 5.75 Å². The van der Waals surface area contributed by atoms with Crippen LogP contribution in [0.4, 0.5) is 10.6 Å². The molecule has 0 radical (unpaired) electrons. The van der Waals surface area contributed by atoms with Gasteiger partial charge < -0.3 is 14.6 Å². The van der Waals surface area contributed by atoms with Crippen molar-refractivity contribution in [3.05, 3.63) is 71.9 Å². The maximum atomic E-state index is 13.9. The maximum Gasteiger partial charge on any atom is 0.511 e. The number of ether oxygens (including phenoxy) is 2. The Labute approximate surface area is 228 Å². The Morgan fingerprint density at radius 1 is 0.949 bits per heavy atom. The van der Waals surface area contributed by atoms with E-state index >= 15 is 0 Å². The van der Waals surface area contributed by atoms with Gasteiger partial charge in [-0.05, 0) is 67.7 Å². The van der Waals surface area contributed by atoms with Crippen LogP contribution in [0.15, 0.2) is 60.8 Å². The molecule has 2 heterocycles. The zero-order chi connectivity index (χ0) is 27.2. The molecular formula is C31H35N3O5. The van der Waals surface area contributed by atoms with E-state index < -0.39 is 6.16 Å². The van der Waals surface area contributed by atoms with Crippen LogP contribution in [0.3, 0.4) is 0 Å². The Kier molecular flexibility index (Phi) is 8.42. The summed E-state index contributed by atoms with van der Waals surface area (Å²) in [6.07, 6.45) is 9.18. The minimum atomic E-state index is -1.44. The third kappa shape index (κ3) is 6.57. The van der Waals surface area contributed by atoms with Crippen molar-refractivity contribution in [2.75, 3.05) is 18.1 Å². The second kappa shape index (κ2) is 12.3. The molecule has 2 fully saturated rings. The monoisotopic (exact) mass is 529 g/mol. The number of hydrogen-bond donors (Lipinski definition) is 1. The first-order valence-electron chi connectivity index (χ1n) is 13.7. The lowest BCUT2D eigenvalue weighted by atomic mass is 9.82. The molecule has 2 aromatic carbocycles. The number of benzene rings is 2. The number of aromatic nitrogens is 2. The average molecular weight is 530 g/mol. The van der Waals surface area contributed by atoms with Crippen LogP contribution in [0, 0.1) is 11.8 Å². The Hall–Kier alpha value is -3.91. The van der Waals surface area contributed by atoms with Crippen molar-refractivity contribution in [3.63, 3.8) is 0 Å². The van der Waals surface area contributed by atoms with E-state index in [1.807, 2.05) is 66.7 Å². The van der Waals surface area contributed by atoms with Gasteiger partial charge in [0.05, 0.1) is 11.9 Å². The van der Waals surface area contributed by atoms with E-state index in [0.29, 0.717) is 32.0 Å². The van der Waals surface area contributed by atoms with E-state index in [2.05, 4.69) is 6.92 Å². The van der Waals surface area contributed by atoms with Gasteiger partial charge in [-0.2, -0.15) is 0 Å². The molecule has 1 saturated carbocycles. The fourth-order valence-corrected chi connectivity index (χ4v) is 5.41. The van der Waals surface area contributed by atoms with Crippen LogP contribution in [0.25, 0.3) is 17.8 Å². The molecule has 8 nitrogen and oxygen atoms in total. The highest BCUT2D eigenvalue weighted by atomic mass is 16.7. The molecule has 1 N–H and O–H groups in total. The quantitative estimate of drug-likeness (QED) is 0.280. The van der Waals surface area contributed by atoms with Crippen LogP contribution >= 0.6 is 0 Å². The summed E-state index contributed by atoms with van der Waals surface area (Å²) in [4.78, 5) is 27.3. The molecule has 0 atom stereocenters. The van der Waals surface area contributed by atoms with Gasteiger partial charge >= 0.3 is 6.16 Å². The summed E-state index contributed by atoms with van der Waals surface area (Å²) in [5, 5.41) is 14.2. The van der Waals surface area contributed by atoms with E-state index in [9.17, 15) is 14.7 Å². The summed E-state index contributed by atoms with van der Waals surface area (Å²) in [5.41, 5.74) is 2.86. The van der Waals surface area contributed by atoms with Crippen LogP contribution in [-0.2, 0) is 9.53 Å². The van der Waals surface area contributed by atoms with Gasteiger partial charge in [-0.25, -0.2) is 9.48 Å². The van der Waals surface area contributed by atoms with E-state index in [0.717, 1.165) is 42.5 Å². The van der Waals surface area contributed by atoms with E-state index in [-0.39, 0.29) is 29.4 Å². The van der Waals surface area contributed by atoms with Crippen LogP contribution in [0.1, 0.15) is 56.6 Å². The molecular weight excluding hydrogens is 494 g/mol. The lowest BCUT2D eigenvalue weighted by Gasteiger charge is -2.36. The lowest BCUT2D eigenvalue weighted by Crippen LogP contribution is -2.47. The molecule has 5 rings (SSSR count). The van der Waals surface area contributed by atoms with Gasteiger partial charge in [-0.15, -0.1) is 5.10 Å². The number of anilines is 1. The van der Waals surface area contributed by atoms with Gasteiger partial charge in [0.25, 0.3) is 0 Å². The Bertz CT molecular complexity index is 1290. The lowest BCUT2D eigenvalue weighted by molar-refractivity contribution is -0.124. The number of carbonyl (C=O) groups is 2. The minimum Gasteiger partial charge on any atom is -0.449 e.